The zero-order chi connectivity index (χ0) is 11.5. The molecule has 0 spiro atoms. The Labute approximate surface area is 95.7 Å². The Morgan fingerprint density at radius 2 is 2.12 bits per heavy atom. The van der Waals surface area contributed by atoms with E-state index in [0.717, 1.165) is 24.1 Å². The molecule has 0 bridgehead atoms. The van der Waals surface area contributed by atoms with E-state index in [1.165, 1.54) is 6.42 Å². The Kier molecular flexibility index (Phi) is 3.13. The van der Waals surface area contributed by atoms with Crippen LogP contribution in [0.1, 0.15) is 24.8 Å². The highest BCUT2D eigenvalue weighted by Gasteiger charge is 2.27. The summed E-state index contributed by atoms with van der Waals surface area (Å²) in [6.07, 6.45) is 3.44. The van der Waals surface area contributed by atoms with Crippen LogP contribution in [0.15, 0.2) is 24.3 Å². The number of aliphatic carboxylic acids is 1. The second-order valence-electron chi connectivity index (χ2n) is 4.39. The van der Waals surface area contributed by atoms with E-state index in [-0.39, 0.29) is 6.54 Å². The second-order valence-corrected chi connectivity index (χ2v) is 4.39. The molecule has 3 nitrogen and oxygen atoms in total. The third-order valence-electron chi connectivity index (χ3n) is 3.25. The van der Waals surface area contributed by atoms with Crippen LogP contribution in [0, 0.1) is 6.92 Å². The minimum Gasteiger partial charge on any atom is -0.480 e. The number of nitrogens with zero attached hydrogens (tertiary/aromatic N) is 1. The first-order chi connectivity index (χ1) is 7.68. The van der Waals surface area contributed by atoms with Crippen molar-refractivity contribution in [3.63, 3.8) is 0 Å². The molecule has 1 aliphatic rings. The number of para-hydroxylation sites is 1. The van der Waals surface area contributed by atoms with Crippen molar-refractivity contribution < 1.29 is 9.90 Å². The van der Waals surface area contributed by atoms with Gasteiger partial charge in [0, 0.05) is 11.7 Å². The normalized spacial score (nSPS) is 15.6. The number of hydrogen-bond acceptors (Lipinski definition) is 2. The van der Waals surface area contributed by atoms with Gasteiger partial charge in [0.1, 0.15) is 6.54 Å². The molecule has 1 N–H and O–H groups in total. The van der Waals surface area contributed by atoms with Gasteiger partial charge in [0.2, 0.25) is 0 Å². The minimum absolute atomic E-state index is 0.107. The van der Waals surface area contributed by atoms with Crippen molar-refractivity contribution in [3.05, 3.63) is 29.8 Å². The van der Waals surface area contributed by atoms with Gasteiger partial charge >= 0.3 is 5.97 Å². The van der Waals surface area contributed by atoms with Crippen LogP contribution in [0.2, 0.25) is 0 Å². The predicted octanol–water partition coefficient (Wildman–Crippen LogP) is 2.44. The number of carboxylic acids is 1. The molecule has 1 aromatic carbocycles. The summed E-state index contributed by atoms with van der Waals surface area (Å²) < 4.78 is 0. The van der Waals surface area contributed by atoms with Crippen LogP contribution in [0.4, 0.5) is 5.69 Å². The number of aryl methyl sites for hydroxylation is 1. The summed E-state index contributed by atoms with van der Waals surface area (Å²) in [4.78, 5) is 12.9. The largest absolute Gasteiger partial charge is 0.480 e. The smallest absolute Gasteiger partial charge is 0.323 e. The van der Waals surface area contributed by atoms with Gasteiger partial charge in [-0.1, -0.05) is 18.2 Å². The van der Waals surface area contributed by atoms with E-state index in [1.807, 2.05) is 36.1 Å². The van der Waals surface area contributed by atoms with Crippen LogP contribution >= 0.6 is 0 Å². The molecule has 1 aliphatic carbocycles. The molecule has 1 aromatic rings. The van der Waals surface area contributed by atoms with Crippen molar-refractivity contribution in [2.75, 3.05) is 11.4 Å². The lowest BCUT2D eigenvalue weighted by Gasteiger charge is -2.39. The lowest BCUT2D eigenvalue weighted by Crippen LogP contribution is -2.43. The van der Waals surface area contributed by atoms with E-state index in [0.29, 0.717) is 6.04 Å². The fourth-order valence-corrected chi connectivity index (χ4v) is 2.14. The standard InChI is InChI=1S/C13H17NO2/c1-10-5-2-3-8-12(10)14(9-13(15)16)11-6-4-7-11/h2-3,5,8,11H,4,6-7,9H2,1H3,(H,15,16). The lowest BCUT2D eigenvalue weighted by molar-refractivity contribution is -0.135. The van der Waals surface area contributed by atoms with Crippen LogP contribution in [0.3, 0.4) is 0 Å². The summed E-state index contributed by atoms with van der Waals surface area (Å²) in [7, 11) is 0. The average Bonchev–Trinajstić information content (AvgIpc) is 2.14. The average molecular weight is 219 g/mol. The first-order valence-corrected chi connectivity index (χ1v) is 5.72. The van der Waals surface area contributed by atoms with Gasteiger partial charge in [0.15, 0.2) is 0 Å². The summed E-state index contributed by atoms with van der Waals surface area (Å²) in [5.41, 5.74) is 2.21. The van der Waals surface area contributed by atoms with Crippen molar-refractivity contribution in [1.29, 1.82) is 0 Å². The number of carboxylic acid groups (broad SMARTS) is 1. The monoisotopic (exact) mass is 219 g/mol. The quantitative estimate of drug-likeness (QED) is 0.845. The highest BCUT2D eigenvalue weighted by Crippen LogP contribution is 2.31. The number of benzene rings is 1. The summed E-state index contributed by atoms with van der Waals surface area (Å²) in [6, 6.07) is 8.41. The topological polar surface area (TPSA) is 40.5 Å². The van der Waals surface area contributed by atoms with Crippen LogP contribution in [-0.2, 0) is 4.79 Å². The lowest BCUT2D eigenvalue weighted by atomic mass is 9.90. The van der Waals surface area contributed by atoms with Crippen molar-refractivity contribution in [2.24, 2.45) is 0 Å². The Bertz CT molecular complexity index is 385. The van der Waals surface area contributed by atoms with Crippen molar-refractivity contribution in [3.8, 4) is 0 Å². The zero-order valence-corrected chi connectivity index (χ0v) is 9.52. The first kappa shape index (κ1) is 11.0. The minimum atomic E-state index is -0.754. The number of rotatable bonds is 4. The SMILES string of the molecule is Cc1ccccc1N(CC(=O)O)C1CCC1. The van der Waals surface area contributed by atoms with Gasteiger partial charge in [-0.2, -0.15) is 0 Å². The van der Waals surface area contributed by atoms with Gasteiger partial charge in [-0.25, -0.2) is 0 Å². The summed E-state index contributed by atoms with van der Waals surface area (Å²) in [5.74, 6) is -0.754. The maximum Gasteiger partial charge on any atom is 0.323 e. The molecule has 0 aromatic heterocycles. The fourth-order valence-electron chi connectivity index (χ4n) is 2.14. The van der Waals surface area contributed by atoms with E-state index in [4.69, 9.17) is 5.11 Å². The highest BCUT2D eigenvalue weighted by atomic mass is 16.4. The molecule has 16 heavy (non-hydrogen) atoms. The number of anilines is 1. The molecule has 3 heteroatoms. The molecule has 1 saturated carbocycles. The van der Waals surface area contributed by atoms with Gasteiger partial charge < -0.3 is 10.0 Å². The zero-order valence-electron chi connectivity index (χ0n) is 9.52. The highest BCUT2D eigenvalue weighted by molar-refractivity contribution is 5.74. The Morgan fingerprint density at radius 3 is 2.62 bits per heavy atom. The van der Waals surface area contributed by atoms with Crippen LogP contribution < -0.4 is 4.90 Å². The number of carbonyl (C=O) groups is 1. The van der Waals surface area contributed by atoms with Gasteiger partial charge in [-0.3, -0.25) is 4.79 Å². The van der Waals surface area contributed by atoms with Gasteiger partial charge in [0.05, 0.1) is 0 Å². The molecule has 0 radical (unpaired) electrons. The van der Waals surface area contributed by atoms with Crippen LogP contribution in [0.25, 0.3) is 0 Å². The van der Waals surface area contributed by atoms with E-state index in [1.54, 1.807) is 0 Å². The van der Waals surface area contributed by atoms with Gasteiger partial charge in [0.25, 0.3) is 0 Å². The van der Waals surface area contributed by atoms with E-state index in [9.17, 15) is 4.79 Å². The summed E-state index contributed by atoms with van der Waals surface area (Å²) in [5, 5.41) is 8.96. The third-order valence-corrected chi connectivity index (χ3v) is 3.25. The molecular formula is C13H17NO2. The fraction of sp³-hybridized carbons (Fsp3) is 0.462. The Hall–Kier alpha value is -1.51. The van der Waals surface area contributed by atoms with Crippen molar-refractivity contribution in [1.82, 2.24) is 0 Å². The molecular weight excluding hydrogens is 202 g/mol. The molecule has 86 valence electrons. The van der Waals surface area contributed by atoms with Crippen LogP contribution in [-0.4, -0.2) is 23.7 Å². The summed E-state index contributed by atoms with van der Waals surface area (Å²) >= 11 is 0. The molecule has 2 rings (SSSR count). The maximum atomic E-state index is 10.9. The Morgan fingerprint density at radius 1 is 1.44 bits per heavy atom. The van der Waals surface area contributed by atoms with E-state index in [2.05, 4.69) is 0 Å². The third kappa shape index (κ3) is 2.18. The van der Waals surface area contributed by atoms with Crippen molar-refractivity contribution >= 4 is 11.7 Å². The first-order valence-electron chi connectivity index (χ1n) is 5.72. The molecule has 1 fully saturated rings. The maximum absolute atomic E-state index is 10.9. The molecule has 0 amide bonds. The van der Waals surface area contributed by atoms with E-state index >= 15 is 0 Å². The van der Waals surface area contributed by atoms with Gasteiger partial charge in [-0.05, 0) is 37.8 Å². The predicted molar refractivity (Wildman–Crippen MR) is 63.8 cm³/mol. The van der Waals surface area contributed by atoms with E-state index < -0.39 is 5.97 Å². The van der Waals surface area contributed by atoms with Gasteiger partial charge in [-0.15, -0.1) is 0 Å². The molecule has 0 atom stereocenters. The molecule has 0 aliphatic heterocycles. The molecule has 0 saturated heterocycles. The van der Waals surface area contributed by atoms with Crippen LogP contribution in [0.5, 0.6) is 0 Å². The second kappa shape index (κ2) is 4.56. The Balaban J connectivity index is 2.23. The molecule has 0 unspecified atom stereocenters. The molecule has 0 heterocycles. The number of hydrogen-bond donors (Lipinski definition) is 1. The summed E-state index contributed by atoms with van der Waals surface area (Å²) in [6.45, 7) is 2.14. The van der Waals surface area contributed by atoms with Crippen molar-refractivity contribution in [2.45, 2.75) is 32.2 Å².